The Morgan fingerprint density at radius 2 is 1.80 bits per heavy atom. The number of alkyl halides is 5. The van der Waals surface area contributed by atoms with Crippen LogP contribution in [0.25, 0.3) is 0 Å². The number of halogens is 6. The van der Waals surface area contributed by atoms with Gasteiger partial charge in [-0.3, -0.25) is 0 Å². The van der Waals surface area contributed by atoms with Gasteiger partial charge in [0.1, 0.15) is 5.75 Å². The fourth-order valence-electron chi connectivity index (χ4n) is 0.860. The maximum Gasteiger partial charge on any atom is 0.573 e. The largest absolute Gasteiger partial charge is 0.573 e. The van der Waals surface area contributed by atoms with Crippen molar-refractivity contribution in [2.24, 2.45) is 0 Å². The van der Waals surface area contributed by atoms with E-state index in [1.54, 1.807) is 0 Å². The van der Waals surface area contributed by atoms with Crippen LogP contribution in [0.2, 0.25) is 0 Å². The third-order valence-electron chi connectivity index (χ3n) is 1.43. The number of benzene rings is 1. The van der Waals surface area contributed by atoms with E-state index in [1.807, 2.05) is 0 Å². The molecule has 7 heteroatoms. The molecule has 0 unspecified atom stereocenters. The lowest BCUT2D eigenvalue weighted by Crippen LogP contribution is -2.17. The predicted molar refractivity (Wildman–Crippen MR) is 45.8 cm³/mol. The van der Waals surface area contributed by atoms with E-state index in [9.17, 15) is 22.0 Å². The molecule has 0 aromatic heterocycles. The average molecular weight is 291 g/mol. The van der Waals surface area contributed by atoms with Gasteiger partial charge in [0.15, 0.2) is 0 Å². The zero-order valence-electron chi connectivity index (χ0n) is 6.99. The van der Waals surface area contributed by atoms with Gasteiger partial charge in [-0.05, 0) is 34.1 Å². The topological polar surface area (TPSA) is 9.23 Å². The number of hydrogen-bond donors (Lipinski definition) is 0. The highest BCUT2D eigenvalue weighted by atomic mass is 79.9. The van der Waals surface area contributed by atoms with Crippen molar-refractivity contribution in [1.29, 1.82) is 0 Å². The van der Waals surface area contributed by atoms with Crippen molar-refractivity contribution in [2.45, 2.75) is 12.8 Å². The lowest BCUT2D eigenvalue weighted by atomic mass is 10.2. The van der Waals surface area contributed by atoms with Gasteiger partial charge >= 0.3 is 6.36 Å². The Kier molecular flexibility index (Phi) is 3.54. The van der Waals surface area contributed by atoms with Crippen LogP contribution < -0.4 is 4.74 Å². The molecule has 0 fully saturated rings. The zero-order chi connectivity index (χ0) is 11.6. The quantitative estimate of drug-likeness (QED) is 0.739. The summed E-state index contributed by atoms with van der Waals surface area (Å²) in [5, 5.41) is 0. The van der Waals surface area contributed by atoms with Crippen LogP contribution in [0.5, 0.6) is 5.75 Å². The first kappa shape index (κ1) is 12.2. The van der Waals surface area contributed by atoms with Crippen molar-refractivity contribution in [3.8, 4) is 5.75 Å². The van der Waals surface area contributed by atoms with Gasteiger partial charge in [0, 0.05) is 5.56 Å². The molecule has 0 aliphatic heterocycles. The Labute approximate surface area is 90.0 Å². The summed E-state index contributed by atoms with van der Waals surface area (Å²) in [6.45, 7) is 0. The highest BCUT2D eigenvalue weighted by molar-refractivity contribution is 9.10. The molecule has 0 saturated carbocycles. The Hall–Kier alpha value is -0.850. The Morgan fingerprint density at radius 1 is 1.20 bits per heavy atom. The summed E-state index contributed by atoms with van der Waals surface area (Å²) < 4.78 is 63.0. The van der Waals surface area contributed by atoms with Gasteiger partial charge < -0.3 is 4.74 Å². The average Bonchev–Trinajstić information content (AvgIpc) is 2.05. The van der Waals surface area contributed by atoms with E-state index in [-0.39, 0.29) is 10.0 Å². The second-order valence-corrected chi connectivity index (χ2v) is 3.39. The standard InChI is InChI=1S/C8H4BrF5O/c9-5-3-4(7(10)11)1-2-6(5)15-8(12,13)14/h1-3,7H. The maximum atomic E-state index is 12.1. The van der Waals surface area contributed by atoms with Crippen LogP contribution in [0, 0.1) is 0 Å². The number of rotatable bonds is 2. The second-order valence-electron chi connectivity index (χ2n) is 2.54. The Balaban J connectivity index is 2.94. The summed E-state index contributed by atoms with van der Waals surface area (Å²) in [7, 11) is 0. The summed E-state index contributed by atoms with van der Waals surface area (Å²) in [5.74, 6) is -0.549. The molecule has 0 N–H and O–H groups in total. The highest BCUT2D eigenvalue weighted by Gasteiger charge is 2.32. The smallest absolute Gasteiger partial charge is 0.405 e. The molecule has 0 atom stereocenters. The fraction of sp³-hybridized carbons (Fsp3) is 0.250. The molecule has 15 heavy (non-hydrogen) atoms. The molecule has 0 aliphatic carbocycles. The van der Waals surface area contributed by atoms with Gasteiger partial charge in [-0.15, -0.1) is 13.2 Å². The molecule has 0 saturated heterocycles. The SMILES string of the molecule is FC(F)c1ccc(OC(F)(F)F)c(Br)c1. The van der Waals surface area contributed by atoms with Gasteiger partial charge in [0.25, 0.3) is 6.43 Å². The molecule has 0 amide bonds. The zero-order valence-corrected chi connectivity index (χ0v) is 8.57. The van der Waals surface area contributed by atoms with Crippen LogP contribution in [0.3, 0.4) is 0 Å². The first-order valence-corrected chi connectivity index (χ1v) is 4.42. The first-order valence-electron chi connectivity index (χ1n) is 3.63. The Bertz CT molecular complexity index is 349. The minimum atomic E-state index is -4.84. The maximum absolute atomic E-state index is 12.1. The molecule has 0 aliphatic rings. The van der Waals surface area contributed by atoms with Gasteiger partial charge in [0.05, 0.1) is 4.47 Å². The van der Waals surface area contributed by atoms with Crippen LogP contribution in [0.4, 0.5) is 22.0 Å². The van der Waals surface area contributed by atoms with E-state index in [1.165, 1.54) is 0 Å². The highest BCUT2D eigenvalue weighted by Crippen LogP contribution is 2.33. The van der Waals surface area contributed by atoms with Gasteiger partial charge in [0.2, 0.25) is 0 Å². The molecule has 1 aromatic rings. The van der Waals surface area contributed by atoms with Crippen molar-refractivity contribution in [3.63, 3.8) is 0 Å². The van der Waals surface area contributed by atoms with Crippen LogP contribution in [-0.2, 0) is 0 Å². The molecular formula is C8H4BrF5O. The van der Waals surface area contributed by atoms with Crippen molar-refractivity contribution in [3.05, 3.63) is 28.2 Å². The summed E-state index contributed by atoms with van der Waals surface area (Å²) in [5.41, 5.74) is -0.378. The fourth-order valence-corrected chi connectivity index (χ4v) is 1.34. The van der Waals surface area contributed by atoms with Crippen molar-refractivity contribution >= 4 is 15.9 Å². The molecule has 0 bridgehead atoms. The number of hydrogen-bond acceptors (Lipinski definition) is 1. The lowest BCUT2D eigenvalue weighted by molar-refractivity contribution is -0.274. The van der Waals surface area contributed by atoms with Gasteiger partial charge in [-0.2, -0.15) is 0 Å². The van der Waals surface area contributed by atoms with Gasteiger partial charge in [-0.25, -0.2) is 8.78 Å². The lowest BCUT2D eigenvalue weighted by Gasteiger charge is -2.11. The third kappa shape index (κ3) is 3.65. The minimum absolute atomic E-state index is 0.169. The molecule has 0 spiro atoms. The molecule has 1 rings (SSSR count). The Morgan fingerprint density at radius 3 is 2.20 bits per heavy atom. The van der Waals surface area contributed by atoms with Crippen LogP contribution in [0.1, 0.15) is 12.0 Å². The number of ether oxygens (including phenoxy) is 1. The molecule has 0 heterocycles. The molecule has 0 radical (unpaired) electrons. The summed E-state index contributed by atoms with van der Waals surface area (Å²) in [6.07, 6.45) is -7.57. The monoisotopic (exact) mass is 290 g/mol. The molecule has 84 valence electrons. The minimum Gasteiger partial charge on any atom is -0.405 e. The van der Waals surface area contributed by atoms with E-state index < -0.39 is 18.5 Å². The molecular weight excluding hydrogens is 287 g/mol. The summed E-state index contributed by atoms with van der Waals surface area (Å²) in [6, 6.07) is 2.58. The van der Waals surface area contributed by atoms with E-state index in [4.69, 9.17) is 0 Å². The summed E-state index contributed by atoms with van der Waals surface area (Å²) in [4.78, 5) is 0. The molecule has 1 nitrogen and oxygen atoms in total. The van der Waals surface area contributed by atoms with Crippen molar-refractivity contribution < 1.29 is 26.7 Å². The van der Waals surface area contributed by atoms with E-state index in [0.717, 1.165) is 18.2 Å². The van der Waals surface area contributed by atoms with Crippen molar-refractivity contribution in [2.75, 3.05) is 0 Å². The van der Waals surface area contributed by atoms with E-state index in [0.29, 0.717) is 0 Å². The van der Waals surface area contributed by atoms with E-state index in [2.05, 4.69) is 20.7 Å². The normalized spacial score (nSPS) is 11.9. The molecule has 1 aromatic carbocycles. The van der Waals surface area contributed by atoms with Crippen LogP contribution in [0.15, 0.2) is 22.7 Å². The first-order chi connectivity index (χ1) is 6.79. The third-order valence-corrected chi connectivity index (χ3v) is 2.05. The van der Waals surface area contributed by atoms with Crippen LogP contribution >= 0.6 is 15.9 Å². The van der Waals surface area contributed by atoms with Gasteiger partial charge in [-0.1, -0.05) is 0 Å². The van der Waals surface area contributed by atoms with E-state index >= 15 is 0 Å². The summed E-state index contributed by atoms with van der Waals surface area (Å²) >= 11 is 2.71. The predicted octanol–water partition coefficient (Wildman–Crippen LogP) is 4.29. The van der Waals surface area contributed by atoms with Crippen LogP contribution in [-0.4, -0.2) is 6.36 Å². The second kappa shape index (κ2) is 4.34. The van der Waals surface area contributed by atoms with Crippen molar-refractivity contribution in [1.82, 2.24) is 0 Å².